The third-order valence-electron chi connectivity index (χ3n) is 4.55. The molecule has 140 valence electrons. The number of nitrogen functional groups attached to an aromatic ring is 1. The van der Waals surface area contributed by atoms with Gasteiger partial charge in [-0.1, -0.05) is 31.2 Å². The molecule has 2 aromatic carbocycles. The first-order chi connectivity index (χ1) is 13.1. The third-order valence-corrected chi connectivity index (χ3v) is 4.55. The molecule has 5 heteroatoms. The Labute approximate surface area is 159 Å². The van der Waals surface area contributed by atoms with Crippen LogP contribution in [0.4, 0.5) is 5.82 Å². The van der Waals surface area contributed by atoms with E-state index in [-0.39, 0.29) is 5.91 Å². The number of hydrogen-bond acceptors (Lipinski definition) is 4. The molecule has 2 N–H and O–H groups in total. The number of hydrogen-bond donors (Lipinski definition) is 1. The first-order valence-electron chi connectivity index (χ1n) is 9.16. The maximum Gasteiger partial charge on any atom is 0.253 e. The molecular formula is C22H25N3O2. The fourth-order valence-electron chi connectivity index (χ4n) is 3.11. The van der Waals surface area contributed by atoms with Gasteiger partial charge in [-0.2, -0.15) is 0 Å². The minimum absolute atomic E-state index is 0.0396. The van der Waals surface area contributed by atoms with Crippen molar-refractivity contribution in [3.63, 3.8) is 0 Å². The Hall–Kier alpha value is -2.92. The lowest BCUT2D eigenvalue weighted by atomic mass is 10.0. The Kier molecular flexibility index (Phi) is 6.04. The maximum atomic E-state index is 12.8. The molecule has 0 bridgehead atoms. The molecule has 0 atom stereocenters. The van der Waals surface area contributed by atoms with Crippen molar-refractivity contribution in [2.75, 3.05) is 32.5 Å². The monoisotopic (exact) mass is 363 g/mol. The van der Waals surface area contributed by atoms with E-state index < -0.39 is 0 Å². The molecule has 3 aromatic rings. The molecule has 1 aromatic heterocycles. The number of carbonyl (C=O) groups excluding carboxylic acids is 1. The highest BCUT2D eigenvalue weighted by Crippen LogP contribution is 2.25. The molecule has 0 spiro atoms. The largest absolute Gasteiger partial charge is 0.384 e. The second kappa shape index (κ2) is 8.64. The summed E-state index contributed by atoms with van der Waals surface area (Å²) in [5.41, 5.74) is 8.62. The molecule has 1 amide bonds. The smallest absolute Gasteiger partial charge is 0.253 e. The van der Waals surface area contributed by atoms with Crippen LogP contribution >= 0.6 is 0 Å². The zero-order valence-corrected chi connectivity index (χ0v) is 15.8. The van der Waals surface area contributed by atoms with Gasteiger partial charge >= 0.3 is 0 Å². The van der Waals surface area contributed by atoms with Gasteiger partial charge in [0.05, 0.1) is 6.61 Å². The first kappa shape index (κ1) is 18.9. The summed E-state index contributed by atoms with van der Waals surface area (Å²) < 4.78 is 5.12. The predicted octanol–water partition coefficient (Wildman–Crippen LogP) is 3.98. The standard InChI is InChI=1S/C22H25N3O2/c1-3-10-25(11-12-27-2)22(26)17-6-4-16(5-7-17)18-8-9-19-15-24-21(23)14-20(19)13-18/h4-9,13-15H,3,10-12H2,1-2H3,(H2,23,24). The Morgan fingerprint density at radius 1 is 1.04 bits per heavy atom. The van der Waals surface area contributed by atoms with Crippen molar-refractivity contribution in [3.8, 4) is 11.1 Å². The van der Waals surface area contributed by atoms with Crippen LogP contribution in [0.25, 0.3) is 21.9 Å². The third kappa shape index (κ3) is 4.44. The fraction of sp³-hybridized carbons (Fsp3) is 0.273. The second-order valence-electron chi connectivity index (χ2n) is 6.53. The van der Waals surface area contributed by atoms with E-state index in [4.69, 9.17) is 10.5 Å². The average molecular weight is 363 g/mol. The number of ether oxygens (including phenoxy) is 1. The highest BCUT2D eigenvalue weighted by atomic mass is 16.5. The van der Waals surface area contributed by atoms with Crippen LogP contribution in [-0.2, 0) is 4.74 Å². The van der Waals surface area contributed by atoms with Gasteiger partial charge < -0.3 is 15.4 Å². The Morgan fingerprint density at radius 3 is 2.48 bits per heavy atom. The van der Waals surface area contributed by atoms with Gasteiger partial charge in [-0.05, 0) is 47.2 Å². The molecule has 1 heterocycles. The number of nitrogens with two attached hydrogens (primary N) is 1. The van der Waals surface area contributed by atoms with E-state index in [0.717, 1.165) is 34.9 Å². The van der Waals surface area contributed by atoms with Crippen molar-refractivity contribution >= 4 is 22.5 Å². The topological polar surface area (TPSA) is 68.5 Å². The molecule has 0 aliphatic carbocycles. The van der Waals surface area contributed by atoms with Gasteiger partial charge in [0.1, 0.15) is 5.82 Å². The number of carbonyl (C=O) groups is 1. The molecule has 27 heavy (non-hydrogen) atoms. The zero-order chi connectivity index (χ0) is 19.2. The van der Waals surface area contributed by atoms with Crippen molar-refractivity contribution < 1.29 is 9.53 Å². The minimum Gasteiger partial charge on any atom is -0.384 e. The van der Waals surface area contributed by atoms with Crippen LogP contribution in [0.1, 0.15) is 23.7 Å². The van der Waals surface area contributed by atoms with Crippen molar-refractivity contribution in [2.24, 2.45) is 0 Å². The lowest BCUT2D eigenvalue weighted by Crippen LogP contribution is -2.34. The molecule has 0 fully saturated rings. The summed E-state index contributed by atoms with van der Waals surface area (Å²) in [6.07, 6.45) is 2.70. The Bertz CT molecular complexity index is 922. The van der Waals surface area contributed by atoms with Gasteiger partial charge in [0.15, 0.2) is 0 Å². The molecule has 3 rings (SSSR count). The first-order valence-corrected chi connectivity index (χ1v) is 9.16. The van der Waals surface area contributed by atoms with Crippen LogP contribution in [0, 0.1) is 0 Å². The van der Waals surface area contributed by atoms with Crippen molar-refractivity contribution in [2.45, 2.75) is 13.3 Å². The van der Waals surface area contributed by atoms with Gasteiger partial charge in [0, 0.05) is 37.3 Å². The number of fused-ring (bicyclic) bond motifs is 1. The fourth-order valence-corrected chi connectivity index (χ4v) is 3.11. The lowest BCUT2D eigenvalue weighted by Gasteiger charge is -2.22. The van der Waals surface area contributed by atoms with Gasteiger partial charge in [-0.15, -0.1) is 0 Å². The average Bonchev–Trinajstić information content (AvgIpc) is 2.70. The van der Waals surface area contributed by atoms with Gasteiger partial charge in [-0.3, -0.25) is 4.79 Å². The van der Waals surface area contributed by atoms with Gasteiger partial charge in [0.2, 0.25) is 0 Å². The molecule has 0 saturated carbocycles. The van der Waals surface area contributed by atoms with Crippen molar-refractivity contribution in [1.29, 1.82) is 0 Å². The molecule has 0 saturated heterocycles. The van der Waals surface area contributed by atoms with E-state index in [9.17, 15) is 4.79 Å². The second-order valence-corrected chi connectivity index (χ2v) is 6.53. The molecule has 0 unspecified atom stereocenters. The number of rotatable bonds is 7. The highest BCUT2D eigenvalue weighted by Gasteiger charge is 2.14. The number of benzene rings is 2. The minimum atomic E-state index is 0.0396. The quantitative estimate of drug-likeness (QED) is 0.689. The SMILES string of the molecule is CCCN(CCOC)C(=O)c1ccc(-c2ccc3cnc(N)cc3c2)cc1. The number of nitrogens with zero attached hydrogens (tertiary/aromatic N) is 2. The van der Waals surface area contributed by atoms with Crippen LogP contribution in [0.3, 0.4) is 0 Å². The van der Waals surface area contributed by atoms with Crippen LogP contribution in [0.2, 0.25) is 0 Å². The van der Waals surface area contributed by atoms with Gasteiger partial charge in [0.25, 0.3) is 5.91 Å². The van der Waals surface area contributed by atoms with E-state index in [1.807, 2.05) is 41.3 Å². The maximum absolute atomic E-state index is 12.8. The summed E-state index contributed by atoms with van der Waals surface area (Å²) in [6, 6.07) is 15.8. The lowest BCUT2D eigenvalue weighted by molar-refractivity contribution is 0.0695. The number of methoxy groups -OCH3 is 1. The Morgan fingerprint density at radius 2 is 1.78 bits per heavy atom. The molecule has 5 nitrogen and oxygen atoms in total. The number of amides is 1. The van der Waals surface area contributed by atoms with E-state index in [1.165, 1.54) is 0 Å². The Balaban J connectivity index is 1.83. The summed E-state index contributed by atoms with van der Waals surface area (Å²) >= 11 is 0. The van der Waals surface area contributed by atoms with E-state index in [0.29, 0.717) is 24.5 Å². The highest BCUT2D eigenvalue weighted by molar-refractivity contribution is 5.95. The number of anilines is 1. The zero-order valence-electron chi connectivity index (χ0n) is 15.8. The van der Waals surface area contributed by atoms with E-state index >= 15 is 0 Å². The van der Waals surface area contributed by atoms with Crippen LogP contribution in [0.5, 0.6) is 0 Å². The van der Waals surface area contributed by atoms with Crippen LogP contribution in [-0.4, -0.2) is 42.6 Å². The van der Waals surface area contributed by atoms with Crippen molar-refractivity contribution in [1.82, 2.24) is 9.88 Å². The van der Waals surface area contributed by atoms with Crippen LogP contribution < -0.4 is 5.73 Å². The van der Waals surface area contributed by atoms with Crippen molar-refractivity contribution in [3.05, 3.63) is 60.3 Å². The summed E-state index contributed by atoms with van der Waals surface area (Å²) in [6.45, 7) is 3.94. The van der Waals surface area contributed by atoms with Crippen LogP contribution in [0.15, 0.2) is 54.7 Å². The summed E-state index contributed by atoms with van der Waals surface area (Å²) in [5.74, 6) is 0.547. The molecule has 0 radical (unpaired) electrons. The van der Waals surface area contributed by atoms with E-state index in [2.05, 4.69) is 24.0 Å². The summed E-state index contributed by atoms with van der Waals surface area (Å²) in [7, 11) is 1.65. The number of aromatic nitrogens is 1. The molecule has 0 aliphatic rings. The summed E-state index contributed by atoms with van der Waals surface area (Å²) in [4.78, 5) is 18.7. The van der Waals surface area contributed by atoms with Gasteiger partial charge in [-0.25, -0.2) is 4.98 Å². The predicted molar refractivity (Wildman–Crippen MR) is 110 cm³/mol. The summed E-state index contributed by atoms with van der Waals surface area (Å²) in [5, 5.41) is 2.10. The molecule has 0 aliphatic heterocycles. The molecular weight excluding hydrogens is 338 g/mol. The van der Waals surface area contributed by atoms with E-state index in [1.54, 1.807) is 13.3 Å². The number of pyridine rings is 1. The normalized spacial score (nSPS) is 10.9.